The number of aliphatic hydroxyl groups excluding tert-OH is 1. The molecular formula is C16H19NO. The minimum Gasteiger partial charge on any atom is -0.384 e. The Morgan fingerprint density at radius 3 is 2.11 bits per heavy atom. The highest BCUT2D eigenvalue weighted by Gasteiger charge is 2.13. The molecule has 1 aromatic carbocycles. The first-order valence-electron chi connectivity index (χ1n) is 6.18. The SMILES string of the molecule is Cc1ccc(C(O)c2cc(C)nc(C)c2)c(C)c1. The molecule has 2 nitrogen and oxygen atoms in total. The Balaban J connectivity index is 2.44. The Labute approximate surface area is 108 Å². The molecule has 0 aliphatic carbocycles. The van der Waals surface area contributed by atoms with Crippen molar-refractivity contribution in [2.45, 2.75) is 33.8 Å². The van der Waals surface area contributed by atoms with Crippen molar-refractivity contribution in [1.29, 1.82) is 0 Å². The van der Waals surface area contributed by atoms with Crippen molar-refractivity contribution >= 4 is 0 Å². The van der Waals surface area contributed by atoms with Gasteiger partial charge < -0.3 is 5.11 Å². The fraction of sp³-hybridized carbons (Fsp3) is 0.312. The molecule has 0 spiro atoms. The summed E-state index contributed by atoms with van der Waals surface area (Å²) in [5.41, 5.74) is 6.08. The molecule has 1 aromatic heterocycles. The van der Waals surface area contributed by atoms with E-state index in [0.717, 1.165) is 28.1 Å². The van der Waals surface area contributed by atoms with E-state index in [2.05, 4.69) is 18.0 Å². The lowest BCUT2D eigenvalue weighted by Gasteiger charge is -2.15. The molecule has 0 aliphatic rings. The molecule has 0 bridgehead atoms. The first-order chi connectivity index (χ1) is 8.47. The van der Waals surface area contributed by atoms with Gasteiger partial charge >= 0.3 is 0 Å². The quantitative estimate of drug-likeness (QED) is 0.874. The molecular weight excluding hydrogens is 222 g/mol. The molecule has 2 heteroatoms. The van der Waals surface area contributed by atoms with Gasteiger partial charge in [-0.3, -0.25) is 4.98 Å². The molecule has 2 rings (SSSR count). The van der Waals surface area contributed by atoms with Crippen molar-refractivity contribution in [2.75, 3.05) is 0 Å². The number of hydrogen-bond donors (Lipinski definition) is 1. The zero-order chi connectivity index (χ0) is 13.3. The molecule has 18 heavy (non-hydrogen) atoms. The van der Waals surface area contributed by atoms with Gasteiger partial charge in [-0.15, -0.1) is 0 Å². The highest BCUT2D eigenvalue weighted by atomic mass is 16.3. The third-order valence-electron chi connectivity index (χ3n) is 3.14. The van der Waals surface area contributed by atoms with E-state index in [1.165, 1.54) is 5.56 Å². The number of aryl methyl sites for hydroxylation is 4. The van der Waals surface area contributed by atoms with Crippen molar-refractivity contribution in [3.05, 3.63) is 64.0 Å². The number of pyridine rings is 1. The van der Waals surface area contributed by atoms with E-state index in [0.29, 0.717) is 0 Å². The van der Waals surface area contributed by atoms with Gasteiger partial charge in [0.1, 0.15) is 6.10 Å². The second-order valence-electron chi connectivity index (χ2n) is 4.95. The second-order valence-corrected chi connectivity index (χ2v) is 4.95. The fourth-order valence-corrected chi connectivity index (χ4v) is 2.34. The molecule has 2 aromatic rings. The summed E-state index contributed by atoms with van der Waals surface area (Å²) in [6, 6.07) is 10.0. The highest BCUT2D eigenvalue weighted by Crippen LogP contribution is 2.26. The van der Waals surface area contributed by atoms with Gasteiger partial charge in [-0.1, -0.05) is 23.8 Å². The monoisotopic (exact) mass is 241 g/mol. The molecule has 1 N–H and O–H groups in total. The minimum absolute atomic E-state index is 0.578. The summed E-state index contributed by atoms with van der Waals surface area (Å²) in [6.45, 7) is 7.99. The Hall–Kier alpha value is -1.67. The Bertz CT molecular complexity index is 555. The molecule has 1 unspecified atom stereocenters. The van der Waals surface area contributed by atoms with Gasteiger partial charge in [-0.05, 0) is 56.5 Å². The molecule has 1 heterocycles. The zero-order valence-electron chi connectivity index (χ0n) is 11.4. The van der Waals surface area contributed by atoms with Crippen LogP contribution < -0.4 is 0 Å². The smallest absolute Gasteiger partial charge is 0.104 e. The van der Waals surface area contributed by atoms with Crippen LogP contribution in [-0.4, -0.2) is 10.1 Å². The van der Waals surface area contributed by atoms with E-state index >= 15 is 0 Å². The average molecular weight is 241 g/mol. The number of aliphatic hydroxyl groups is 1. The molecule has 1 atom stereocenters. The third-order valence-corrected chi connectivity index (χ3v) is 3.14. The number of nitrogens with zero attached hydrogens (tertiary/aromatic N) is 1. The normalized spacial score (nSPS) is 12.5. The molecule has 0 saturated carbocycles. The topological polar surface area (TPSA) is 33.1 Å². The first-order valence-corrected chi connectivity index (χ1v) is 6.18. The van der Waals surface area contributed by atoms with Gasteiger partial charge in [-0.2, -0.15) is 0 Å². The van der Waals surface area contributed by atoms with Gasteiger partial charge in [-0.25, -0.2) is 0 Å². The molecule has 0 amide bonds. The summed E-state index contributed by atoms with van der Waals surface area (Å²) in [5, 5.41) is 10.5. The predicted molar refractivity (Wildman–Crippen MR) is 73.7 cm³/mol. The van der Waals surface area contributed by atoms with E-state index in [4.69, 9.17) is 0 Å². The van der Waals surface area contributed by atoms with Crippen LogP contribution >= 0.6 is 0 Å². The fourth-order valence-electron chi connectivity index (χ4n) is 2.34. The summed E-state index contributed by atoms with van der Waals surface area (Å²) in [4.78, 5) is 4.34. The molecule has 0 fully saturated rings. The summed E-state index contributed by atoms with van der Waals surface area (Å²) >= 11 is 0. The maximum absolute atomic E-state index is 10.5. The van der Waals surface area contributed by atoms with Crippen LogP contribution in [0.5, 0.6) is 0 Å². The van der Waals surface area contributed by atoms with Crippen LogP contribution in [0.1, 0.15) is 39.7 Å². The summed E-state index contributed by atoms with van der Waals surface area (Å²) < 4.78 is 0. The van der Waals surface area contributed by atoms with E-state index in [-0.39, 0.29) is 0 Å². The van der Waals surface area contributed by atoms with Crippen LogP contribution in [0.2, 0.25) is 0 Å². The lowest BCUT2D eigenvalue weighted by Crippen LogP contribution is -2.04. The molecule has 94 valence electrons. The zero-order valence-corrected chi connectivity index (χ0v) is 11.4. The van der Waals surface area contributed by atoms with Crippen molar-refractivity contribution in [3.8, 4) is 0 Å². The summed E-state index contributed by atoms with van der Waals surface area (Å²) in [5.74, 6) is 0. The lowest BCUT2D eigenvalue weighted by molar-refractivity contribution is 0.219. The van der Waals surface area contributed by atoms with Gasteiger partial charge in [0.15, 0.2) is 0 Å². The van der Waals surface area contributed by atoms with Crippen molar-refractivity contribution in [1.82, 2.24) is 4.98 Å². The van der Waals surface area contributed by atoms with E-state index < -0.39 is 6.10 Å². The average Bonchev–Trinajstić information content (AvgIpc) is 2.26. The largest absolute Gasteiger partial charge is 0.384 e. The van der Waals surface area contributed by atoms with Crippen LogP contribution in [0.25, 0.3) is 0 Å². The van der Waals surface area contributed by atoms with E-state index in [1.54, 1.807) is 0 Å². The van der Waals surface area contributed by atoms with Crippen LogP contribution in [0.4, 0.5) is 0 Å². The van der Waals surface area contributed by atoms with E-state index in [1.807, 2.05) is 45.0 Å². The minimum atomic E-state index is -0.578. The standard InChI is InChI=1S/C16H19NO/c1-10-5-6-15(11(2)7-10)16(18)14-8-12(3)17-13(4)9-14/h5-9,16,18H,1-4H3. The maximum atomic E-state index is 10.5. The molecule has 0 saturated heterocycles. The van der Waals surface area contributed by atoms with Crippen LogP contribution in [0, 0.1) is 27.7 Å². The first kappa shape index (κ1) is 12.8. The Morgan fingerprint density at radius 2 is 1.56 bits per heavy atom. The number of aromatic nitrogens is 1. The lowest BCUT2D eigenvalue weighted by atomic mass is 9.96. The highest BCUT2D eigenvalue weighted by molar-refractivity contribution is 5.38. The van der Waals surface area contributed by atoms with Gasteiger partial charge in [0.25, 0.3) is 0 Å². The summed E-state index contributed by atoms with van der Waals surface area (Å²) in [6.07, 6.45) is -0.578. The van der Waals surface area contributed by atoms with Crippen molar-refractivity contribution in [3.63, 3.8) is 0 Å². The van der Waals surface area contributed by atoms with Gasteiger partial charge in [0.05, 0.1) is 0 Å². The van der Waals surface area contributed by atoms with Gasteiger partial charge in [0, 0.05) is 11.4 Å². The van der Waals surface area contributed by atoms with Crippen molar-refractivity contribution in [2.24, 2.45) is 0 Å². The third kappa shape index (κ3) is 2.59. The summed E-state index contributed by atoms with van der Waals surface area (Å²) in [7, 11) is 0. The van der Waals surface area contributed by atoms with Crippen LogP contribution in [-0.2, 0) is 0 Å². The second kappa shape index (κ2) is 4.91. The number of hydrogen-bond acceptors (Lipinski definition) is 2. The van der Waals surface area contributed by atoms with Gasteiger partial charge in [0.2, 0.25) is 0 Å². The van der Waals surface area contributed by atoms with E-state index in [9.17, 15) is 5.11 Å². The van der Waals surface area contributed by atoms with Crippen LogP contribution in [0.3, 0.4) is 0 Å². The van der Waals surface area contributed by atoms with Crippen LogP contribution in [0.15, 0.2) is 30.3 Å². The predicted octanol–water partition coefficient (Wildman–Crippen LogP) is 3.40. The Morgan fingerprint density at radius 1 is 0.944 bits per heavy atom. The number of benzene rings is 1. The molecule has 0 radical (unpaired) electrons. The maximum Gasteiger partial charge on any atom is 0.104 e. The van der Waals surface area contributed by atoms with Crippen molar-refractivity contribution < 1.29 is 5.11 Å². The number of rotatable bonds is 2. The molecule has 0 aliphatic heterocycles. The Kier molecular flexibility index (Phi) is 3.48.